The molecular weight excluding hydrogens is 579 g/mol. The molecule has 0 bridgehead atoms. The topological polar surface area (TPSA) is 73.7 Å². The molecule has 1 atom stereocenters. The fourth-order valence-electron chi connectivity index (χ4n) is 4.39. The number of benzene rings is 1. The average Bonchev–Trinajstić information content (AvgIpc) is 2.96. The van der Waals surface area contributed by atoms with Gasteiger partial charge in [-0.1, -0.05) is 6.58 Å². The van der Waals surface area contributed by atoms with Gasteiger partial charge in [-0.25, -0.2) is 18.7 Å². The Hall–Kier alpha value is -4.87. The Morgan fingerprint density at radius 2 is 1.82 bits per heavy atom. The van der Waals surface area contributed by atoms with Gasteiger partial charge in [0.2, 0.25) is 0 Å². The third-order valence-electron chi connectivity index (χ3n) is 6.82. The molecule has 7 nitrogen and oxygen atoms in total. The van der Waals surface area contributed by atoms with Gasteiger partial charge < -0.3 is 10.2 Å². The van der Waals surface area contributed by atoms with E-state index in [1.165, 1.54) is 0 Å². The highest BCUT2D eigenvalue weighted by Gasteiger charge is 2.34. The van der Waals surface area contributed by atoms with Crippen LogP contribution < -0.4 is 5.32 Å². The van der Waals surface area contributed by atoms with E-state index in [1.54, 1.807) is 69.6 Å². The Labute approximate surface area is 253 Å². The second-order valence-corrected chi connectivity index (χ2v) is 10.2. The summed E-state index contributed by atoms with van der Waals surface area (Å²) < 4.78 is 69.5. The van der Waals surface area contributed by atoms with Gasteiger partial charge in [-0.2, -0.15) is 18.3 Å². The fourth-order valence-corrected chi connectivity index (χ4v) is 4.39. The van der Waals surface area contributed by atoms with Crippen LogP contribution in [0, 0.1) is 5.82 Å². The van der Waals surface area contributed by atoms with Gasteiger partial charge in [-0.05, 0) is 80.0 Å². The van der Waals surface area contributed by atoms with Crippen LogP contribution in [-0.2, 0) is 11.0 Å². The van der Waals surface area contributed by atoms with Crippen molar-refractivity contribution in [3.63, 3.8) is 0 Å². The first-order valence-electron chi connectivity index (χ1n) is 13.4. The highest BCUT2D eigenvalue weighted by Crippen LogP contribution is 2.36. The molecule has 1 aliphatic heterocycles. The SMILES string of the molecule is C=C1C(C)=C(c2ncc(/C(=C/C(C)=C(/C=C(F)\C=C\C=O)[C@@H](C)Nc3ccc(F)cc3C(F)(F)F)N(C)C)cn2)C=NN1C. The van der Waals surface area contributed by atoms with Gasteiger partial charge in [0, 0.05) is 62.1 Å². The van der Waals surface area contributed by atoms with Crippen molar-refractivity contribution in [2.24, 2.45) is 5.10 Å². The number of rotatable bonds is 10. The molecule has 12 heteroatoms. The van der Waals surface area contributed by atoms with Crippen LogP contribution in [0.15, 0.2) is 94.8 Å². The molecule has 0 aliphatic carbocycles. The molecule has 0 amide bonds. The number of carbonyl (C=O) groups is 1. The Kier molecular flexibility index (Phi) is 10.8. The Bertz CT molecular complexity index is 1600. The number of hydrogen-bond acceptors (Lipinski definition) is 7. The predicted molar refractivity (Wildman–Crippen MR) is 163 cm³/mol. The number of carbonyl (C=O) groups excluding carboxylic acids is 1. The smallest absolute Gasteiger partial charge is 0.378 e. The minimum absolute atomic E-state index is 0.272. The quantitative estimate of drug-likeness (QED) is 0.133. The van der Waals surface area contributed by atoms with Gasteiger partial charge >= 0.3 is 6.18 Å². The van der Waals surface area contributed by atoms with Crippen LogP contribution in [0.2, 0.25) is 0 Å². The first kappa shape index (κ1) is 33.6. The number of hydrazone groups is 1. The third-order valence-corrected chi connectivity index (χ3v) is 6.82. The third kappa shape index (κ3) is 8.15. The number of likely N-dealkylation sites (N-methyl/N-ethyl adjacent to an activating group) is 1. The summed E-state index contributed by atoms with van der Waals surface area (Å²) in [5.74, 6) is -1.40. The van der Waals surface area contributed by atoms with E-state index in [4.69, 9.17) is 0 Å². The maximum atomic E-state index is 14.8. The molecule has 44 heavy (non-hydrogen) atoms. The van der Waals surface area contributed by atoms with E-state index in [0.717, 1.165) is 41.5 Å². The monoisotopic (exact) mass is 612 g/mol. The molecule has 0 saturated heterocycles. The lowest BCUT2D eigenvalue weighted by Crippen LogP contribution is -2.21. The molecule has 2 aromatic rings. The standard InChI is InChI=1S/C32H33F5N6O/c1-19(13-30(42(5)6)23-16-38-31(39-17-23)27-18-40-43(7)22(4)20(27)2)26(14-24(33)9-8-12-44)21(3)41-29-11-10-25(34)15-28(29)32(35,36)37/h8-18,21,41H,4H2,1-3,5-7H3/b9-8+,24-14+,26-19-,30-13-/t21-/m1/s1. The van der Waals surface area contributed by atoms with Crippen LogP contribution in [0.3, 0.4) is 0 Å². The maximum absolute atomic E-state index is 14.8. The number of alkyl halides is 3. The van der Waals surface area contributed by atoms with Crippen molar-refractivity contribution in [3.05, 3.63) is 112 Å². The lowest BCUT2D eigenvalue weighted by molar-refractivity contribution is -0.137. The van der Waals surface area contributed by atoms with E-state index in [2.05, 4.69) is 27.0 Å². The number of anilines is 1. The fraction of sp³-hybridized carbons (Fsp3) is 0.250. The van der Waals surface area contributed by atoms with E-state index < -0.39 is 29.4 Å². The molecule has 1 aromatic carbocycles. The summed E-state index contributed by atoms with van der Waals surface area (Å²) in [7, 11) is 5.35. The molecule has 0 fully saturated rings. The number of aromatic nitrogens is 2. The van der Waals surface area contributed by atoms with Crippen LogP contribution in [0.1, 0.15) is 37.7 Å². The van der Waals surface area contributed by atoms with E-state index in [0.29, 0.717) is 40.7 Å². The van der Waals surface area contributed by atoms with Crippen molar-refractivity contribution in [3.8, 4) is 0 Å². The lowest BCUT2D eigenvalue weighted by Gasteiger charge is -2.23. The van der Waals surface area contributed by atoms with Crippen LogP contribution in [0.25, 0.3) is 11.3 Å². The number of aldehydes is 1. The van der Waals surface area contributed by atoms with Crippen molar-refractivity contribution in [1.29, 1.82) is 0 Å². The predicted octanol–water partition coefficient (Wildman–Crippen LogP) is 7.18. The molecule has 0 spiro atoms. The number of nitrogens with one attached hydrogen (secondary N) is 1. The van der Waals surface area contributed by atoms with Crippen molar-refractivity contribution in [2.45, 2.75) is 33.0 Å². The van der Waals surface area contributed by atoms with Crippen LogP contribution in [-0.4, -0.2) is 59.6 Å². The molecule has 0 unspecified atom stereocenters. The summed E-state index contributed by atoms with van der Waals surface area (Å²) in [6.07, 6.45) is 5.20. The number of hydrogen-bond donors (Lipinski definition) is 1. The van der Waals surface area contributed by atoms with Gasteiger partial charge in [0.1, 0.15) is 17.9 Å². The summed E-state index contributed by atoms with van der Waals surface area (Å²) in [5, 5.41) is 8.66. The zero-order valence-electron chi connectivity index (χ0n) is 25.2. The Morgan fingerprint density at radius 3 is 2.41 bits per heavy atom. The number of halogens is 5. The first-order valence-corrected chi connectivity index (χ1v) is 13.4. The second kappa shape index (κ2) is 14.1. The molecule has 0 saturated carbocycles. The highest BCUT2D eigenvalue weighted by molar-refractivity contribution is 6.11. The van der Waals surface area contributed by atoms with E-state index in [1.807, 2.05) is 6.92 Å². The largest absolute Gasteiger partial charge is 0.418 e. The van der Waals surface area contributed by atoms with Gasteiger partial charge in [0.15, 0.2) is 5.82 Å². The first-order chi connectivity index (χ1) is 20.6. The summed E-state index contributed by atoms with van der Waals surface area (Å²) in [4.78, 5) is 21.5. The zero-order valence-corrected chi connectivity index (χ0v) is 25.2. The summed E-state index contributed by atoms with van der Waals surface area (Å²) in [6, 6.07) is 1.40. The molecule has 1 N–H and O–H groups in total. The molecule has 3 rings (SSSR count). The van der Waals surface area contributed by atoms with Crippen molar-refractivity contribution in [1.82, 2.24) is 19.9 Å². The molecule has 232 valence electrons. The molecule has 0 radical (unpaired) electrons. The normalized spacial score (nSPS) is 16.0. The van der Waals surface area contributed by atoms with Gasteiger partial charge in [-0.15, -0.1) is 0 Å². The summed E-state index contributed by atoms with van der Waals surface area (Å²) >= 11 is 0. The number of nitrogens with zero attached hydrogens (tertiary/aromatic N) is 5. The van der Waals surface area contributed by atoms with E-state index in [-0.39, 0.29) is 11.3 Å². The maximum Gasteiger partial charge on any atom is 0.418 e. The van der Waals surface area contributed by atoms with Crippen LogP contribution in [0.5, 0.6) is 0 Å². The highest BCUT2D eigenvalue weighted by atomic mass is 19.4. The van der Waals surface area contributed by atoms with Crippen LogP contribution in [0.4, 0.5) is 27.6 Å². The minimum atomic E-state index is -4.83. The van der Waals surface area contributed by atoms with Crippen molar-refractivity contribution < 1.29 is 26.7 Å². The minimum Gasteiger partial charge on any atom is -0.378 e. The molecule has 1 aromatic heterocycles. The van der Waals surface area contributed by atoms with Gasteiger partial charge in [0.05, 0.1) is 17.5 Å². The molecule has 2 heterocycles. The molecule has 1 aliphatic rings. The lowest BCUT2D eigenvalue weighted by atomic mass is 9.98. The number of allylic oxidation sites excluding steroid dienone is 7. The molecular formula is C32H33F5N6O. The van der Waals surface area contributed by atoms with Crippen molar-refractivity contribution in [2.75, 3.05) is 26.5 Å². The average molecular weight is 613 g/mol. The van der Waals surface area contributed by atoms with E-state index in [9.17, 15) is 26.7 Å². The van der Waals surface area contributed by atoms with Crippen molar-refractivity contribution >= 4 is 29.5 Å². The summed E-state index contributed by atoms with van der Waals surface area (Å²) in [6.45, 7) is 9.13. The van der Waals surface area contributed by atoms with Gasteiger partial charge in [-0.3, -0.25) is 9.80 Å². The van der Waals surface area contributed by atoms with Crippen LogP contribution >= 0.6 is 0 Å². The summed E-state index contributed by atoms with van der Waals surface area (Å²) in [5.41, 5.74) is 2.73. The van der Waals surface area contributed by atoms with E-state index >= 15 is 0 Å². The second-order valence-electron chi connectivity index (χ2n) is 10.2. The van der Waals surface area contributed by atoms with Gasteiger partial charge in [0.25, 0.3) is 0 Å². The Morgan fingerprint density at radius 1 is 1.16 bits per heavy atom. The zero-order chi connectivity index (χ0) is 32.8. The Balaban J connectivity index is 2.09.